The first-order chi connectivity index (χ1) is 11.3. The van der Waals surface area contributed by atoms with Gasteiger partial charge in [0.25, 0.3) is 0 Å². The Kier molecular flexibility index (Phi) is 6.35. The van der Waals surface area contributed by atoms with E-state index in [0.29, 0.717) is 6.10 Å². The maximum absolute atomic E-state index is 6.19. The molecule has 0 saturated carbocycles. The van der Waals surface area contributed by atoms with Crippen LogP contribution in [-0.2, 0) is 6.54 Å². The third-order valence-corrected chi connectivity index (χ3v) is 5.16. The number of benzene rings is 1. The zero-order chi connectivity index (χ0) is 15.9. The average Bonchev–Trinajstić information content (AvgIpc) is 2.60. The molecule has 0 atom stereocenters. The monoisotopic (exact) mass is 316 g/mol. The molecule has 2 aliphatic heterocycles. The zero-order valence-electron chi connectivity index (χ0n) is 14.7. The zero-order valence-corrected chi connectivity index (χ0v) is 14.7. The summed E-state index contributed by atoms with van der Waals surface area (Å²) < 4.78 is 6.19. The molecule has 0 aromatic heterocycles. The Morgan fingerprint density at radius 2 is 1.61 bits per heavy atom. The molecule has 0 N–H and O–H groups in total. The second kappa shape index (κ2) is 8.70. The van der Waals surface area contributed by atoms with Crippen molar-refractivity contribution in [2.24, 2.45) is 0 Å². The highest BCUT2D eigenvalue weighted by Gasteiger charge is 2.19. The molecule has 1 aromatic rings. The fourth-order valence-electron chi connectivity index (χ4n) is 3.81. The fraction of sp³-hybridized carbons (Fsp3) is 0.700. The van der Waals surface area contributed by atoms with Crippen LogP contribution in [0.1, 0.15) is 51.0 Å². The van der Waals surface area contributed by atoms with E-state index in [4.69, 9.17) is 4.74 Å². The van der Waals surface area contributed by atoms with Crippen molar-refractivity contribution in [3.63, 3.8) is 0 Å². The largest absolute Gasteiger partial charge is 0.490 e. The number of likely N-dealkylation sites (tertiary alicyclic amines) is 2. The molecule has 0 amide bonds. The molecule has 0 bridgehead atoms. The van der Waals surface area contributed by atoms with Crippen molar-refractivity contribution in [1.82, 2.24) is 9.80 Å². The molecule has 3 rings (SSSR count). The Hall–Kier alpha value is -1.06. The quantitative estimate of drug-likeness (QED) is 0.791. The van der Waals surface area contributed by atoms with Crippen molar-refractivity contribution < 1.29 is 4.74 Å². The van der Waals surface area contributed by atoms with Crippen molar-refractivity contribution in [3.05, 3.63) is 29.8 Å². The summed E-state index contributed by atoms with van der Waals surface area (Å²) in [5.41, 5.74) is 1.41. The van der Waals surface area contributed by atoms with Gasteiger partial charge in [-0.05, 0) is 69.4 Å². The minimum Gasteiger partial charge on any atom is -0.490 e. The summed E-state index contributed by atoms with van der Waals surface area (Å²) in [6.07, 6.45) is 8.10. The maximum Gasteiger partial charge on any atom is 0.119 e. The third kappa shape index (κ3) is 5.22. The highest BCUT2D eigenvalue weighted by atomic mass is 16.5. The highest BCUT2D eigenvalue weighted by Crippen LogP contribution is 2.21. The molecule has 1 aromatic carbocycles. The van der Waals surface area contributed by atoms with Gasteiger partial charge in [0.2, 0.25) is 0 Å². The van der Waals surface area contributed by atoms with Crippen molar-refractivity contribution in [2.75, 3.05) is 32.7 Å². The van der Waals surface area contributed by atoms with Gasteiger partial charge < -0.3 is 9.64 Å². The maximum atomic E-state index is 6.19. The van der Waals surface area contributed by atoms with Gasteiger partial charge in [-0.2, -0.15) is 0 Å². The van der Waals surface area contributed by atoms with Crippen LogP contribution in [-0.4, -0.2) is 48.6 Å². The molecule has 3 heteroatoms. The Labute approximate surface area is 141 Å². The lowest BCUT2D eigenvalue weighted by molar-refractivity contribution is 0.101. The van der Waals surface area contributed by atoms with Gasteiger partial charge in [0.05, 0.1) is 0 Å². The van der Waals surface area contributed by atoms with Crippen LogP contribution in [0.2, 0.25) is 0 Å². The van der Waals surface area contributed by atoms with Gasteiger partial charge in [0, 0.05) is 19.6 Å². The van der Waals surface area contributed by atoms with E-state index >= 15 is 0 Å². The molecule has 2 fully saturated rings. The Morgan fingerprint density at radius 1 is 0.913 bits per heavy atom. The first kappa shape index (κ1) is 16.8. The average molecular weight is 316 g/mol. The second-order valence-corrected chi connectivity index (χ2v) is 7.14. The third-order valence-electron chi connectivity index (χ3n) is 5.16. The number of nitrogens with zero attached hydrogens (tertiary/aromatic N) is 2. The highest BCUT2D eigenvalue weighted by molar-refractivity contribution is 5.27. The normalized spacial score (nSPS) is 21.4. The smallest absolute Gasteiger partial charge is 0.119 e. The lowest BCUT2D eigenvalue weighted by Crippen LogP contribution is -2.38. The summed E-state index contributed by atoms with van der Waals surface area (Å²) >= 11 is 0. The van der Waals surface area contributed by atoms with Gasteiger partial charge in [-0.3, -0.25) is 4.90 Å². The second-order valence-electron chi connectivity index (χ2n) is 7.14. The summed E-state index contributed by atoms with van der Waals surface area (Å²) in [6.45, 7) is 9.47. The van der Waals surface area contributed by atoms with E-state index < -0.39 is 0 Å². The molecule has 2 aliphatic rings. The van der Waals surface area contributed by atoms with E-state index in [1.807, 2.05) is 0 Å². The van der Waals surface area contributed by atoms with E-state index in [0.717, 1.165) is 25.1 Å². The van der Waals surface area contributed by atoms with E-state index in [9.17, 15) is 0 Å². The molecule has 0 radical (unpaired) electrons. The van der Waals surface area contributed by atoms with Crippen LogP contribution in [0.25, 0.3) is 0 Å². The SMILES string of the molecule is CCCN1CCC(Oc2ccc(CN3CCCCC3)cc2)CC1. The molecular formula is C20H32N2O. The van der Waals surface area contributed by atoms with Crippen LogP contribution >= 0.6 is 0 Å². The molecule has 3 nitrogen and oxygen atoms in total. The molecule has 2 heterocycles. The predicted octanol–water partition coefficient (Wildman–Crippen LogP) is 3.93. The predicted molar refractivity (Wildman–Crippen MR) is 96.0 cm³/mol. The minimum absolute atomic E-state index is 0.399. The van der Waals surface area contributed by atoms with Crippen LogP contribution in [0.5, 0.6) is 5.75 Å². The van der Waals surface area contributed by atoms with Crippen LogP contribution in [0, 0.1) is 0 Å². The van der Waals surface area contributed by atoms with Crippen LogP contribution in [0.4, 0.5) is 0 Å². The van der Waals surface area contributed by atoms with Crippen LogP contribution in [0.3, 0.4) is 0 Å². The van der Waals surface area contributed by atoms with Crippen molar-refractivity contribution in [2.45, 2.75) is 58.1 Å². The van der Waals surface area contributed by atoms with E-state index in [1.165, 1.54) is 64.0 Å². The Morgan fingerprint density at radius 3 is 2.26 bits per heavy atom. The number of piperidine rings is 2. The number of rotatable bonds is 6. The van der Waals surface area contributed by atoms with E-state index in [1.54, 1.807) is 0 Å². The molecule has 0 aliphatic carbocycles. The molecule has 0 spiro atoms. The lowest BCUT2D eigenvalue weighted by Gasteiger charge is -2.32. The summed E-state index contributed by atoms with van der Waals surface area (Å²) in [6, 6.07) is 8.82. The molecule has 128 valence electrons. The Bertz CT molecular complexity index is 445. The van der Waals surface area contributed by atoms with E-state index in [2.05, 4.69) is 41.0 Å². The van der Waals surface area contributed by atoms with Gasteiger partial charge in [-0.25, -0.2) is 0 Å². The number of hydrogen-bond acceptors (Lipinski definition) is 3. The van der Waals surface area contributed by atoms with Crippen molar-refractivity contribution in [1.29, 1.82) is 0 Å². The van der Waals surface area contributed by atoms with Gasteiger partial charge in [0.1, 0.15) is 11.9 Å². The summed E-state index contributed by atoms with van der Waals surface area (Å²) in [4.78, 5) is 5.13. The van der Waals surface area contributed by atoms with Crippen molar-refractivity contribution >= 4 is 0 Å². The molecule has 2 saturated heterocycles. The summed E-state index contributed by atoms with van der Waals surface area (Å²) in [5, 5.41) is 0. The van der Waals surface area contributed by atoms with Gasteiger partial charge >= 0.3 is 0 Å². The van der Waals surface area contributed by atoms with Gasteiger partial charge in [-0.15, -0.1) is 0 Å². The lowest BCUT2D eigenvalue weighted by atomic mass is 10.1. The van der Waals surface area contributed by atoms with E-state index in [-0.39, 0.29) is 0 Å². The number of ether oxygens (including phenoxy) is 1. The van der Waals surface area contributed by atoms with Crippen LogP contribution < -0.4 is 4.74 Å². The molecule has 23 heavy (non-hydrogen) atoms. The first-order valence-corrected chi connectivity index (χ1v) is 9.54. The molecular weight excluding hydrogens is 284 g/mol. The molecule has 0 unspecified atom stereocenters. The summed E-state index contributed by atoms with van der Waals surface area (Å²) in [7, 11) is 0. The number of hydrogen-bond donors (Lipinski definition) is 0. The van der Waals surface area contributed by atoms with Gasteiger partial charge in [-0.1, -0.05) is 25.5 Å². The van der Waals surface area contributed by atoms with Gasteiger partial charge in [0.15, 0.2) is 0 Å². The first-order valence-electron chi connectivity index (χ1n) is 9.54. The summed E-state index contributed by atoms with van der Waals surface area (Å²) in [5.74, 6) is 1.04. The fourth-order valence-corrected chi connectivity index (χ4v) is 3.81. The van der Waals surface area contributed by atoms with Crippen LogP contribution in [0.15, 0.2) is 24.3 Å². The van der Waals surface area contributed by atoms with Crippen molar-refractivity contribution in [3.8, 4) is 5.75 Å². The Balaban J connectivity index is 1.44. The minimum atomic E-state index is 0.399. The standard InChI is InChI=1S/C20H32N2O/c1-2-12-21-15-10-20(11-16-21)23-19-8-6-18(7-9-19)17-22-13-4-3-5-14-22/h6-9,20H,2-5,10-17H2,1H3. The topological polar surface area (TPSA) is 15.7 Å².